The van der Waals surface area contributed by atoms with Gasteiger partial charge in [-0.25, -0.2) is 0 Å². The summed E-state index contributed by atoms with van der Waals surface area (Å²) < 4.78 is 10.5. The van der Waals surface area contributed by atoms with Crippen LogP contribution in [0.1, 0.15) is 32.6 Å². The van der Waals surface area contributed by atoms with Gasteiger partial charge < -0.3 is 14.4 Å². The molecule has 1 fully saturated rings. The lowest BCUT2D eigenvalue weighted by atomic mass is 9.87. The molecule has 1 saturated carbocycles. The van der Waals surface area contributed by atoms with Crippen molar-refractivity contribution in [2.24, 2.45) is 5.92 Å². The van der Waals surface area contributed by atoms with Crippen LogP contribution in [0.2, 0.25) is 0 Å². The number of anilines is 1. The molecule has 0 bridgehead atoms. The molecule has 1 aliphatic heterocycles. The van der Waals surface area contributed by atoms with Crippen molar-refractivity contribution in [3.8, 4) is 5.75 Å². The minimum atomic E-state index is -0.612. The van der Waals surface area contributed by atoms with Crippen LogP contribution < -0.4 is 9.64 Å². The summed E-state index contributed by atoms with van der Waals surface area (Å²) in [4.78, 5) is 39.6. The van der Waals surface area contributed by atoms with Crippen LogP contribution in [0, 0.1) is 5.92 Å². The van der Waals surface area contributed by atoms with Crippen molar-refractivity contribution in [3.05, 3.63) is 24.3 Å². The van der Waals surface area contributed by atoms with Gasteiger partial charge in [-0.1, -0.05) is 19.1 Å². The number of nitrogens with zero attached hydrogens (tertiary/aromatic N) is 2. The van der Waals surface area contributed by atoms with Crippen LogP contribution in [-0.4, -0.2) is 55.5 Å². The normalized spacial score (nSPS) is 21.9. The molecule has 7 nitrogen and oxygen atoms in total. The van der Waals surface area contributed by atoms with E-state index >= 15 is 0 Å². The van der Waals surface area contributed by atoms with Crippen molar-refractivity contribution >= 4 is 23.5 Å². The number of amides is 2. The Morgan fingerprint density at radius 3 is 2.67 bits per heavy atom. The zero-order valence-corrected chi connectivity index (χ0v) is 15.8. The molecular weight excluding hydrogens is 348 g/mol. The van der Waals surface area contributed by atoms with Crippen molar-refractivity contribution in [2.75, 3.05) is 31.7 Å². The Hall–Kier alpha value is -2.57. The molecule has 0 saturated heterocycles. The maximum absolute atomic E-state index is 12.3. The highest BCUT2D eigenvalue weighted by Gasteiger charge is 2.29. The van der Waals surface area contributed by atoms with E-state index in [1.165, 1.54) is 4.90 Å². The average molecular weight is 374 g/mol. The molecule has 1 aromatic carbocycles. The summed E-state index contributed by atoms with van der Waals surface area (Å²) >= 11 is 0. The Bertz CT molecular complexity index is 712. The number of para-hydroxylation sites is 2. The molecule has 146 valence electrons. The standard InChI is InChI=1S/C20H26N2O5/c1-14-7-9-15(10-8-14)21(2)18(23)12-27-20(25)11-22-16-5-3-4-6-17(16)26-13-19(22)24/h3-6,14-15H,7-13H2,1-2H3. The molecule has 0 radical (unpaired) electrons. The highest BCUT2D eigenvalue weighted by molar-refractivity contribution is 6.01. The Morgan fingerprint density at radius 2 is 1.93 bits per heavy atom. The first-order chi connectivity index (χ1) is 13.0. The van der Waals surface area contributed by atoms with Crippen LogP contribution in [0.15, 0.2) is 24.3 Å². The van der Waals surface area contributed by atoms with E-state index in [9.17, 15) is 14.4 Å². The zero-order chi connectivity index (χ0) is 19.4. The molecule has 0 atom stereocenters. The van der Waals surface area contributed by atoms with E-state index in [0.717, 1.165) is 25.7 Å². The molecule has 2 amide bonds. The van der Waals surface area contributed by atoms with E-state index in [2.05, 4.69) is 6.92 Å². The fourth-order valence-corrected chi connectivity index (χ4v) is 3.58. The molecule has 3 rings (SSSR count). The average Bonchev–Trinajstić information content (AvgIpc) is 2.68. The van der Waals surface area contributed by atoms with Crippen LogP contribution in [-0.2, 0) is 19.1 Å². The number of benzene rings is 1. The maximum Gasteiger partial charge on any atom is 0.326 e. The molecule has 27 heavy (non-hydrogen) atoms. The van der Waals surface area contributed by atoms with Gasteiger partial charge >= 0.3 is 5.97 Å². The highest BCUT2D eigenvalue weighted by atomic mass is 16.5. The molecule has 0 unspecified atom stereocenters. The molecule has 2 aliphatic rings. The summed E-state index contributed by atoms with van der Waals surface area (Å²) in [6.07, 6.45) is 4.19. The maximum atomic E-state index is 12.3. The Kier molecular flexibility index (Phi) is 5.98. The fraction of sp³-hybridized carbons (Fsp3) is 0.550. The SMILES string of the molecule is CC1CCC(N(C)C(=O)COC(=O)CN2C(=O)COc3ccccc32)CC1. The van der Waals surface area contributed by atoms with Gasteiger partial charge in [0.05, 0.1) is 5.69 Å². The van der Waals surface area contributed by atoms with E-state index < -0.39 is 5.97 Å². The molecule has 1 heterocycles. The van der Waals surface area contributed by atoms with Crippen LogP contribution in [0.3, 0.4) is 0 Å². The molecular formula is C20H26N2O5. The quantitative estimate of drug-likeness (QED) is 0.737. The van der Waals surface area contributed by atoms with Crippen LogP contribution in [0.5, 0.6) is 5.75 Å². The van der Waals surface area contributed by atoms with Crippen molar-refractivity contribution in [1.29, 1.82) is 0 Å². The lowest BCUT2D eigenvalue weighted by Gasteiger charge is -2.33. The van der Waals surface area contributed by atoms with E-state index in [-0.39, 0.29) is 37.6 Å². The molecule has 0 spiro atoms. The largest absolute Gasteiger partial charge is 0.482 e. The van der Waals surface area contributed by atoms with Gasteiger partial charge in [0.15, 0.2) is 13.2 Å². The number of hydrogen-bond acceptors (Lipinski definition) is 5. The number of carbonyl (C=O) groups excluding carboxylic acids is 3. The third-order valence-electron chi connectivity index (χ3n) is 5.38. The molecule has 1 aromatic rings. The summed E-state index contributed by atoms with van der Waals surface area (Å²) in [5.41, 5.74) is 0.533. The number of rotatable bonds is 5. The first-order valence-corrected chi connectivity index (χ1v) is 9.39. The fourth-order valence-electron chi connectivity index (χ4n) is 3.58. The zero-order valence-electron chi connectivity index (χ0n) is 15.8. The van der Waals surface area contributed by atoms with E-state index in [0.29, 0.717) is 17.4 Å². The molecule has 1 aliphatic carbocycles. The minimum absolute atomic E-state index is 0.119. The van der Waals surface area contributed by atoms with Gasteiger partial charge in [-0.3, -0.25) is 19.3 Å². The molecule has 0 N–H and O–H groups in total. The predicted molar refractivity (Wildman–Crippen MR) is 99.4 cm³/mol. The minimum Gasteiger partial charge on any atom is -0.482 e. The second-order valence-corrected chi connectivity index (χ2v) is 7.32. The van der Waals surface area contributed by atoms with Crippen molar-refractivity contribution < 1.29 is 23.9 Å². The van der Waals surface area contributed by atoms with Gasteiger partial charge in [-0.15, -0.1) is 0 Å². The summed E-state index contributed by atoms with van der Waals surface area (Å²) in [5, 5.41) is 0. The van der Waals surface area contributed by atoms with E-state index in [1.54, 1.807) is 36.2 Å². The van der Waals surface area contributed by atoms with Crippen molar-refractivity contribution in [1.82, 2.24) is 4.90 Å². The number of ether oxygens (including phenoxy) is 2. The van der Waals surface area contributed by atoms with Gasteiger partial charge in [0.2, 0.25) is 0 Å². The third kappa shape index (κ3) is 4.59. The van der Waals surface area contributed by atoms with Gasteiger partial charge in [0.25, 0.3) is 11.8 Å². The second kappa shape index (κ2) is 8.41. The number of likely N-dealkylation sites (N-methyl/N-ethyl adjacent to an activating group) is 1. The predicted octanol–water partition coefficient (Wildman–Crippen LogP) is 1.99. The Balaban J connectivity index is 1.51. The van der Waals surface area contributed by atoms with Crippen LogP contribution in [0.4, 0.5) is 5.69 Å². The van der Waals surface area contributed by atoms with Gasteiger partial charge in [-0.05, 0) is 43.7 Å². The molecule has 7 heteroatoms. The number of carbonyl (C=O) groups is 3. The number of esters is 1. The van der Waals surface area contributed by atoms with Crippen LogP contribution in [0.25, 0.3) is 0 Å². The Labute approximate surface area is 159 Å². The van der Waals surface area contributed by atoms with Gasteiger partial charge in [0, 0.05) is 13.1 Å². The Morgan fingerprint density at radius 1 is 1.22 bits per heavy atom. The smallest absolute Gasteiger partial charge is 0.326 e. The first-order valence-electron chi connectivity index (χ1n) is 9.39. The lowest BCUT2D eigenvalue weighted by Crippen LogP contribution is -2.44. The summed E-state index contributed by atoms with van der Waals surface area (Å²) in [6, 6.07) is 7.22. The second-order valence-electron chi connectivity index (χ2n) is 7.32. The first kappa shape index (κ1) is 19.2. The van der Waals surface area contributed by atoms with E-state index in [4.69, 9.17) is 9.47 Å². The monoisotopic (exact) mass is 374 g/mol. The lowest BCUT2D eigenvalue weighted by molar-refractivity contribution is -0.151. The summed E-state index contributed by atoms with van der Waals surface area (Å²) in [5.74, 6) is 0.116. The highest BCUT2D eigenvalue weighted by Crippen LogP contribution is 2.31. The third-order valence-corrected chi connectivity index (χ3v) is 5.38. The van der Waals surface area contributed by atoms with E-state index in [1.807, 2.05) is 0 Å². The van der Waals surface area contributed by atoms with Crippen molar-refractivity contribution in [3.63, 3.8) is 0 Å². The number of hydrogen-bond donors (Lipinski definition) is 0. The summed E-state index contributed by atoms with van der Waals surface area (Å²) in [6.45, 7) is 1.57. The topological polar surface area (TPSA) is 76.2 Å². The van der Waals surface area contributed by atoms with Crippen molar-refractivity contribution in [2.45, 2.75) is 38.6 Å². The van der Waals surface area contributed by atoms with Gasteiger partial charge in [0.1, 0.15) is 12.3 Å². The summed E-state index contributed by atoms with van der Waals surface area (Å²) in [7, 11) is 1.76. The van der Waals surface area contributed by atoms with Crippen LogP contribution >= 0.6 is 0 Å². The van der Waals surface area contributed by atoms with Gasteiger partial charge in [-0.2, -0.15) is 0 Å². The molecule has 0 aromatic heterocycles. The number of fused-ring (bicyclic) bond motifs is 1.